The predicted molar refractivity (Wildman–Crippen MR) is 227 cm³/mol. The van der Waals surface area contributed by atoms with Crippen LogP contribution in [0.3, 0.4) is 0 Å². The number of para-hydroxylation sites is 1. The van der Waals surface area contributed by atoms with E-state index in [4.69, 9.17) is 27.3 Å². The molecule has 0 amide bonds. The second-order valence-electron chi connectivity index (χ2n) is 12.5. The Morgan fingerprint density at radius 1 is 0.345 bits per heavy atom. The quantitative estimate of drug-likeness (QED) is 0.165. The lowest BCUT2D eigenvalue weighted by atomic mass is 10.0. The zero-order chi connectivity index (χ0) is 50.5. The molecule has 0 saturated heterocycles. The van der Waals surface area contributed by atoms with Gasteiger partial charge in [-0.15, -0.1) is 0 Å². The van der Waals surface area contributed by atoms with Crippen LogP contribution >= 0.6 is 0 Å². The number of nitrogens with zero attached hydrogens (tertiary/aromatic N) is 4. The van der Waals surface area contributed by atoms with Crippen molar-refractivity contribution in [1.82, 2.24) is 19.5 Å². The van der Waals surface area contributed by atoms with E-state index in [0.29, 0.717) is 11.1 Å². The molecular weight excluding hydrogens is 669 g/mol. The zero-order valence-corrected chi connectivity index (χ0v) is 28.7. The highest BCUT2D eigenvalue weighted by Gasteiger charge is 2.17. The van der Waals surface area contributed by atoms with Gasteiger partial charge in [0.05, 0.1) is 33.0 Å². The van der Waals surface area contributed by atoms with Gasteiger partial charge in [0.2, 0.25) is 0 Å². The smallest absolute Gasteiger partial charge is 0.164 e. The van der Waals surface area contributed by atoms with Gasteiger partial charge < -0.3 is 4.57 Å². The molecule has 0 N–H and O–H groups in total. The van der Waals surface area contributed by atoms with E-state index < -0.39 is 125 Å². The fourth-order valence-corrected chi connectivity index (χ4v) is 6.42. The van der Waals surface area contributed by atoms with Crippen LogP contribution in [0.2, 0.25) is 0 Å². The van der Waals surface area contributed by atoms with Gasteiger partial charge in [-0.3, -0.25) is 0 Å². The first-order valence-electron chi connectivity index (χ1n) is 25.2. The molecular formula is C51H34N4. The zero-order valence-electron chi connectivity index (χ0n) is 44.7. The van der Waals surface area contributed by atoms with Crippen molar-refractivity contribution in [3.05, 3.63) is 206 Å². The average Bonchev–Trinajstić information content (AvgIpc) is 3.75. The number of hydrogen-bond donors (Lipinski definition) is 0. The van der Waals surface area contributed by atoms with Gasteiger partial charge >= 0.3 is 0 Å². The summed E-state index contributed by atoms with van der Waals surface area (Å²) in [4.78, 5) is 14.5. The Balaban J connectivity index is 1.30. The van der Waals surface area contributed by atoms with Gasteiger partial charge in [-0.2, -0.15) is 0 Å². The summed E-state index contributed by atoms with van der Waals surface area (Å²) in [5.41, 5.74) is 1.59. The van der Waals surface area contributed by atoms with Gasteiger partial charge in [0.1, 0.15) is 0 Å². The van der Waals surface area contributed by atoms with Crippen LogP contribution in [0, 0.1) is 0 Å². The minimum absolute atomic E-state index is 0.128. The van der Waals surface area contributed by atoms with E-state index in [1.54, 1.807) is 6.07 Å². The molecule has 0 saturated carbocycles. The van der Waals surface area contributed by atoms with Crippen LogP contribution in [-0.2, 0) is 0 Å². The summed E-state index contributed by atoms with van der Waals surface area (Å²) in [6.07, 6.45) is 0. The van der Waals surface area contributed by atoms with Crippen molar-refractivity contribution < 1.29 is 21.9 Å². The Morgan fingerprint density at radius 3 is 1.58 bits per heavy atom. The molecule has 0 bridgehead atoms. The Labute approximate surface area is 342 Å². The molecule has 0 fully saturated rings. The number of aromatic nitrogens is 4. The fourth-order valence-electron chi connectivity index (χ4n) is 6.42. The Bertz CT molecular complexity index is 3820. The van der Waals surface area contributed by atoms with Crippen LogP contribution in [0.15, 0.2) is 206 Å². The first-order chi connectivity index (χ1) is 33.9. The Morgan fingerprint density at radius 2 is 0.855 bits per heavy atom. The molecule has 10 rings (SSSR count). The van der Waals surface area contributed by atoms with E-state index in [2.05, 4.69) is 0 Å². The molecule has 55 heavy (non-hydrogen) atoms. The largest absolute Gasteiger partial charge is 0.309 e. The van der Waals surface area contributed by atoms with E-state index in [9.17, 15) is 9.60 Å². The molecule has 0 atom stereocenters. The SMILES string of the molecule is [2H]c1c([2H])c([2H])c(-c2c([2H])c([2H])c(-n3c4c([2H])c([2H])c([2H])c([2H])c4c4c([2H])c([2H])c(-c5nc(-c6ccc(-c7ccccc7)cc6)nc(-c6cccc(-c7ccccc7)c6)n5)c([2H])c43)c([2H])c2[2H])c([2H])c1[2H]. The molecule has 0 aliphatic heterocycles. The third kappa shape index (κ3) is 6.16. The van der Waals surface area contributed by atoms with Crippen LogP contribution < -0.4 is 0 Å². The second-order valence-corrected chi connectivity index (χ2v) is 12.5. The van der Waals surface area contributed by atoms with Crippen LogP contribution in [-0.4, -0.2) is 19.5 Å². The number of hydrogen-bond acceptors (Lipinski definition) is 3. The van der Waals surface area contributed by atoms with Crippen molar-refractivity contribution in [3.8, 4) is 73.2 Å². The van der Waals surface area contributed by atoms with Crippen LogP contribution in [0.25, 0.3) is 95.0 Å². The lowest BCUT2D eigenvalue weighted by molar-refractivity contribution is 1.07. The predicted octanol–water partition coefficient (Wildman–Crippen LogP) is 13.0. The van der Waals surface area contributed by atoms with Crippen molar-refractivity contribution in [2.24, 2.45) is 0 Å². The van der Waals surface area contributed by atoms with E-state index in [1.807, 2.05) is 103 Å². The fraction of sp³-hybridized carbons (Fsp3) is 0. The highest BCUT2D eigenvalue weighted by atomic mass is 15.0. The summed E-state index contributed by atoms with van der Waals surface area (Å²) >= 11 is 0. The summed E-state index contributed by atoms with van der Waals surface area (Å²) in [6, 6.07) is 22.0. The van der Waals surface area contributed by atoms with Gasteiger partial charge in [0, 0.05) is 33.2 Å². The molecule has 4 nitrogen and oxygen atoms in total. The minimum Gasteiger partial charge on any atom is -0.309 e. The highest BCUT2D eigenvalue weighted by molar-refractivity contribution is 6.10. The van der Waals surface area contributed by atoms with E-state index in [0.717, 1.165) is 26.8 Å². The number of benzene rings is 8. The lowest BCUT2D eigenvalue weighted by Crippen LogP contribution is -2.01. The average molecular weight is 719 g/mol. The topological polar surface area (TPSA) is 43.6 Å². The molecule has 8 aromatic carbocycles. The molecule has 0 radical (unpaired) electrons. The third-order valence-electron chi connectivity index (χ3n) is 9.08. The maximum absolute atomic E-state index is 9.99. The highest BCUT2D eigenvalue weighted by Crippen LogP contribution is 2.36. The molecule has 2 aromatic heterocycles. The molecule has 4 heteroatoms. The van der Waals surface area contributed by atoms with Crippen LogP contribution in [0.4, 0.5) is 0 Å². The monoisotopic (exact) mass is 718 g/mol. The summed E-state index contributed by atoms with van der Waals surface area (Å²) in [5.74, 6) is 0.00602. The van der Waals surface area contributed by atoms with Crippen molar-refractivity contribution in [2.75, 3.05) is 0 Å². The molecule has 0 spiro atoms. The maximum atomic E-state index is 9.99. The van der Waals surface area contributed by atoms with Crippen molar-refractivity contribution in [1.29, 1.82) is 0 Å². The molecule has 0 unspecified atom stereocenters. The Kier molecular flexibility index (Phi) is 4.93. The van der Waals surface area contributed by atoms with Gasteiger partial charge in [0.15, 0.2) is 17.5 Å². The molecule has 10 aromatic rings. The first-order valence-corrected chi connectivity index (χ1v) is 17.2. The summed E-state index contributed by atoms with van der Waals surface area (Å²) in [7, 11) is 0. The molecule has 258 valence electrons. The van der Waals surface area contributed by atoms with Gasteiger partial charge in [-0.05, 0) is 63.6 Å². The third-order valence-corrected chi connectivity index (χ3v) is 9.08. The van der Waals surface area contributed by atoms with Gasteiger partial charge in [-0.25, -0.2) is 15.0 Å². The standard InChI is InChI=1S/C51H34N4/c1-4-13-35(14-5-1)38-23-25-40(26-24-38)49-52-50(42-20-12-19-41(33-42)37-17-8-3-9-18-37)54-51(53-49)43-29-32-46-45-21-10-11-22-47(45)55(48(46)34-43)44-30-27-39(28-31-44)36-15-6-2-7-16-36/h1-34H/i2D,6D,7D,10D,11D,15D,16D,21D,22D,27D,28D,29D,30D,31D,32D,34D. The molecule has 0 aliphatic carbocycles. The van der Waals surface area contributed by atoms with E-state index in [1.165, 1.54) is 0 Å². The summed E-state index contributed by atoms with van der Waals surface area (Å²) < 4.78 is 145. The number of rotatable bonds is 7. The van der Waals surface area contributed by atoms with Crippen molar-refractivity contribution in [2.45, 2.75) is 0 Å². The van der Waals surface area contributed by atoms with Gasteiger partial charge in [0.25, 0.3) is 0 Å². The van der Waals surface area contributed by atoms with Crippen LogP contribution in [0.5, 0.6) is 0 Å². The summed E-state index contributed by atoms with van der Waals surface area (Å²) in [5, 5.41) is -0.678. The maximum Gasteiger partial charge on any atom is 0.164 e. The van der Waals surface area contributed by atoms with E-state index >= 15 is 0 Å². The molecule has 2 heterocycles. The summed E-state index contributed by atoms with van der Waals surface area (Å²) in [6.45, 7) is 0. The Hall–Kier alpha value is -7.43. The van der Waals surface area contributed by atoms with Gasteiger partial charge in [-0.1, -0.05) is 176 Å². The normalized spacial score (nSPS) is 15.3. The second kappa shape index (κ2) is 13.8. The number of fused-ring (bicyclic) bond motifs is 3. The van der Waals surface area contributed by atoms with Crippen molar-refractivity contribution >= 4 is 21.8 Å². The minimum atomic E-state index is -0.872. The first kappa shape index (κ1) is 19.6. The lowest BCUT2D eigenvalue weighted by Gasteiger charge is -2.12. The van der Waals surface area contributed by atoms with Crippen molar-refractivity contribution in [3.63, 3.8) is 0 Å². The van der Waals surface area contributed by atoms with Crippen LogP contribution in [0.1, 0.15) is 21.9 Å². The van der Waals surface area contributed by atoms with E-state index in [-0.39, 0.29) is 33.8 Å². The molecule has 0 aliphatic rings.